The van der Waals surface area contributed by atoms with E-state index in [-0.39, 0.29) is 5.54 Å². The van der Waals surface area contributed by atoms with E-state index in [1.54, 1.807) is 7.11 Å². The van der Waals surface area contributed by atoms with E-state index in [1.807, 2.05) is 12.1 Å². The van der Waals surface area contributed by atoms with Crippen molar-refractivity contribution in [3.05, 3.63) is 23.9 Å². The summed E-state index contributed by atoms with van der Waals surface area (Å²) in [7, 11) is 1.61. The van der Waals surface area contributed by atoms with Crippen LogP contribution >= 0.6 is 0 Å². The molecule has 0 aromatic carbocycles. The van der Waals surface area contributed by atoms with Gasteiger partial charge in [-0.1, -0.05) is 0 Å². The molecular weight excluding hydrogens is 190 g/mol. The first-order valence-electron chi connectivity index (χ1n) is 5.04. The van der Waals surface area contributed by atoms with Crippen LogP contribution < -0.4 is 10.5 Å². The van der Waals surface area contributed by atoms with Crippen molar-refractivity contribution in [1.82, 2.24) is 9.97 Å². The van der Waals surface area contributed by atoms with Crippen LogP contribution in [0.1, 0.15) is 18.5 Å². The molecule has 0 aliphatic heterocycles. The van der Waals surface area contributed by atoms with E-state index in [2.05, 4.69) is 16.0 Å². The number of fused-ring (bicyclic) bond motifs is 1. The maximum absolute atomic E-state index is 6.11. The van der Waals surface area contributed by atoms with Crippen molar-refractivity contribution >= 4 is 11.0 Å². The molecule has 78 valence electrons. The highest BCUT2D eigenvalue weighted by Gasteiger charge is 2.41. The van der Waals surface area contributed by atoms with Gasteiger partial charge in [0.2, 0.25) is 5.88 Å². The van der Waals surface area contributed by atoms with E-state index in [0.29, 0.717) is 5.88 Å². The monoisotopic (exact) mass is 203 g/mol. The Morgan fingerprint density at radius 2 is 2.27 bits per heavy atom. The topological polar surface area (TPSA) is 63.9 Å². The van der Waals surface area contributed by atoms with Crippen LogP contribution in [0, 0.1) is 0 Å². The van der Waals surface area contributed by atoms with Crippen LogP contribution in [-0.2, 0) is 5.54 Å². The smallest absolute Gasteiger partial charge is 0.214 e. The maximum atomic E-state index is 6.11. The largest absolute Gasteiger partial charge is 0.481 e. The Kier molecular flexibility index (Phi) is 1.59. The van der Waals surface area contributed by atoms with Crippen LogP contribution in [0.25, 0.3) is 11.0 Å². The number of hydrogen-bond acceptors (Lipinski definition) is 3. The minimum absolute atomic E-state index is 0.131. The first kappa shape index (κ1) is 8.73. The summed E-state index contributed by atoms with van der Waals surface area (Å²) >= 11 is 0. The van der Waals surface area contributed by atoms with Gasteiger partial charge in [0.25, 0.3) is 0 Å². The number of nitrogens with two attached hydrogens (primary N) is 1. The summed E-state index contributed by atoms with van der Waals surface area (Å²) in [6.45, 7) is 0. The van der Waals surface area contributed by atoms with Gasteiger partial charge in [0.15, 0.2) is 0 Å². The highest BCUT2D eigenvalue weighted by Crippen LogP contribution is 2.42. The Hall–Kier alpha value is -1.55. The van der Waals surface area contributed by atoms with Crippen LogP contribution in [-0.4, -0.2) is 17.1 Å². The fourth-order valence-electron chi connectivity index (χ4n) is 1.77. The van der Waals surface area contributed by atoms with Crippen molar-refractivity contribution in [2.24, 2.45) is 5.73 Å². The van der Waals surface area contributed by atoms with E-state index >= 15 is 0 Å². The van der Waals surface area contributed by atoms with Crippen molar-refractivity contribution in [2.75, 3.05) is 7.11 Å². The standard InChI is InChI=1S/C11H13N3O/c1-15-9-3-2-7-6-8(11(12)4-5-11)13-10(7)14-9/h2-3,6H,4-5,12H2,1H3,(H,13,14). The predicted molar refractivity (Wildman–Crippen MR) is 57.7 cm³/mol. The average Bonchev–Trinajstić information content (AvgIpc) is 2.85. The highest BCUT2D eigenvalue weighted by atomic mass is 16.5. The Bertz CT molecular complexity index is 514. The first-order valence-corrected chi connectivity index (χ1v) is 5.04. The quantitative estimate of drug-likeness (QED) is 0.777. The van der Waals surface area contributed by atoms with Gasteiger partial charge in [-0.15, -0.1) is 0 Å². The molecule has 2 aromatic rings. The molecule has 0 spiro atoms. The number of ether oxygens (including phenoxy) is 1. The molecular formula is C11H13N3O. The van der Waals surface area contributed by atoms with Gasteiger partial charge < -0.3 is 15.5 Å². The second-order valence-electron chi connectivity index (χ2n) is 4.13. The number of nitrogens with zero attached hydrogens (tertiary/aromatic N) is 1. The summed E-state index contributed by atoms with van der Waals surface area (Å²) in [5, 5.41) is 1.09. The van der Waals surface area contributed by atoms with Crippen LogP contribution in [0.15, 0.2) is 18.2 Å². The van der Waals surface area contributed by atoms with E-state index in [1.165, 1.54) is 0 Å². The third-order valence-corrected chi connectivity index (χ3v) is 2.99. The molecule has 1 aliphatic rings. The predicted octanol–water partition coefficient (Wildman–Crippen LogP) is 1.52. The Morgan fingerprint density at radius 3 is 2.93 bits per heavy atom. The lowest BCUT2D eigenvalue weighted by molar-refractivity contribution is 0.399. The second kappa shape index (κ2) is 2.73. The third kappa shape index (κ3) is 1.29. The molecule has 0 bridgehead atoms. The Balaban J connectivity index is 2.13. The number of methoxy groups -OCH3 is 1. The summed E-state index contributed by atoms with van der Waals surface area (Å²) in [6, 6.07) is 5.93. The molecule has 2 aromatic heterocycles. The average molecular weight is 203 g/mol. The van der Waals surface area contributed by atoms with Gasteiger partial charge in [0.05, 0.1) is 12.6 Å². The molecule has 0 atom stereocenters. The molecule has 0 radical (unpaired) electrons. The van der Waals surface area contributed by atoms with Gasteiger partial charge in [-0.05, 0) is 25.0 Å². The van der Waals surface area contributed by atoms with E-state index in [4.69, 9.17) is 10.5 Å². The van der Waals surface area contributed by atoms with Crippen LogP contribution in [0.5, 0.6) is 5.88 Å². The molecule has 0 amide bonds. The highest BCUT2D eigenvalue weighted by molar-refractivity contribution is 5.77. The van der Waals surface area contributed by atoms with Gasteiger partial charge >= 0.3 is 0 Å². The minimum atomic E-state index is -0.131. The SMILES string of the molecule is COc1ccc2cc(C3(N)CC3)[nH]c2n1. The van der Waals surface area contributed by atoms with Crippen LogP contribution in [0.4, 0.5) is 0 Å². The molecule has 1 saturated carbocycles. The fraction of sp³-hybridized carbons (Fsp3) is 0.364. The van der Waals surface area contributed by atoms with Gasteiger partial charge in [-0.3, -0.25) is 0 Å². The van der Waals surface area contributed by atoms with E-state index in [0.717, 1.165) is 29.6 Å². The van der Waals surface area contributed by atoms with Crippen molar-refractivity contribution < 1.29 is 4.74 Å². The zero-order valence-corrected chi connectivity index (χ0v) is 8.58. The molecule has 1 fully saturated rings. The van der Waals surface area contributed by atoms with Crippen molar-refractivity contribution in [3.63, 3.8) is 0 Å². The summed E-state index contributed by atoms with van der Waals surface area (Å²) in [5.74, 6) is 0.623. The normalized spacial score (nSPS) is 18.0. The number of nitrogens with one attached hydrogen (secondary N) is 1. The van der Waals surface area contributed by atoms with E-state index in [9.17, 15) is 0 Å². The fourth-order valence-corrected chi connectivity index (χ4v) is 1.77. The molecule has 4 nitrogen and oxygen atoms in total. The van der Waals surface area contributed by atoms with E-state index < -0.39 is 0 Å². The molecule has 15 heavy (non-hydrogen) atoms. The zero-order valence-electron chi connectivity index (χ0n) is 8.58. The van der Waals surface area contributed by atoms with Crippen molar-refractivity contribution in [2.45, 2.75) is 18.4 Å². The molecule has 3 N–H and O–H groups in total. The second-order valence-corrected chi connectivity index (χ2v) is 4.13. The molecule has 3 rings (SSSR count). The number of aromatic nitrogens is 2. The summed E-state index contributed by atoms with van der Waals surface area (Å²) in [5.41, 5.74) is 7.91. The molecule has 2 heterocycles. The number of aromatic amines is 1. The molecule has 0 saturated heterocycles. The van der Waals surface area contributed by atoms with Crippen molar-refractivity contribution in [1.29, 1.82) is 0 Å². The summed E-state index contributed by atoms with van der Waals surface area (Å²) < 4.78 is 5.07. The van der Waals surface area contributed by atoms with Crippen molar-refractivity contribution in [3.8, 4) is 5.88 Å². The minimum Gasteiger partial charge on any atom is -0.481 e. The van der Waals surface area contributed by atoms with Gasteiger partial charge in [-0.25, -0.2) is 0 Å². The lowest BCUT2D eigenvalue weighted by Gasteiger charge is -2.03. The lowest BCUT2D eigenvalue weighted by Crippen LogP contribution is -2.18. The van der Waals surface area contributed by atoms with Gasteiger partial charge in [0.1, 0.15) is 5.65 Å². The third-order valence-electron chi connectivity index (χ3n) is 2.99. The number of hydrogen-bond donors (Lipinski definition) is 2. The maximum Gasteiger partial charge on any atom is 0.214 e. The zero-order chi connectivity index (χ0) is 10.5. The molecule has 4 heteroatoms. The van der Waals surface area contributed by atoms with Crippen LogP contribution in [0.2, 0.25) is 0 Å². The number of H-pyrrole nitrogens is 1. The molecule has 0 unspecified atom stereocenters. The molecule has 1 aliphatic carbocycles. The first-order chi connectivity index (χ1) is 7.21. The summed E-state index contributed by atoms with van der Waals surface area (Å²) in [4.78, 5) is 7.58. The Labute approximate surface area is 87.4 Å². The van der Waals surface area contributed by atoms with Crippen LogP contribution in [0.3, 0.4) is 0 Å². The number of rotatable bonds is 2. The van der Waals surface area contributed by atoms with Gasteiger partial charge in [0, 0.05) is 17.1 Å². The summed E-state index contributed by atoms with van der Waals surface area (Å²) in [6.07, 6.45) is 2.11. The van der Waals surface area contributed by atoms with Gasteiger partial charge in [-0.2, -0.15) is 4.98 Å². The lowest BCUT2D eigenvalue weighted by atomic mass is 10.2. The Morgan fingerprint density at radius 1 is 1.47 bits per heavy atom. The number of pyridine rings is 1.